The molecular weight excluding hydrogens is 214 g/mol. The average Bonchev–Trinajstić information content (AvgIpc) is 2.50. The first-order valence-electron chi connectivity index (χ1n) is 5.51. The summed E-state index contributed by atoms with van der Waals surface area (Å²) in [7, 11) is -3.38. The van der Waals surface area contributed by atoms with E-state index < -0.39 is 14.8 Å². The average molecular weight is 231 g/mol. The first-order chi connectivity index (χ1) is 7.01. The van der Waals surface area contributed by atoms with E-state index in [0.29, 0.717) is 25.9 Å². The minimum Gasteiger partial charge on any atom is -0.298 e. The second-order valence-corrected chi connectivity index (χ2v) is 6.76. The van der Waals surface area contributed by atoms with Gasteiger partial charge in [0.05, 0.1) is 0 Å². The number of carbonyl (C=O) groups excluding carboxylic acids is 1. The molecule has 4 nitrogen and oxygen atoms in total. The number of hydrogen-bond acceptors (Lipinski definition) is 3. The maximum Gasteiger partial charge on any atom is 0.227 e. The largest absolute Gasteiger partial charge is 0.298 e. The van der Waals surface area contributed by atoms with Crippen LogP contribution in [-0.2, 0) is 14.8 Å². The number of Topliss-reactive ketones (excluding diaryl/α,β-unsaturated/α-hetero) is 1. The van der Waals surface area contributed by atoms with Crippen molar-refractivity contribution in [2.24, 2.45) is 0 Å². The van der Waals surface area contributed by atoms with Crippen LogP contribution in [0.5, 0.6) is 0 Å². The van der Waals surface area contributed by atoms with Crippen LogP contribution in [0.25, 0.3) is 0 Å². The van der Waals surface area contributed by atoms with E-state index >= 15 is 0 Å². The Bertz CT molecular complexity index is 364. The lowest BCUT2D eigenvalue weighted by atomic mass is 9.81. The summed E-state index contributed by atoms with van der Waals surface area (Å²) in [5.41, 5.74) is 0. The highest BCUT2D eigenvalue weighted by Gasteiger charge is 2.55. The monoisotopic (exact) mass is 231 g/mol. The molecule has 1 aliphatic heterocycles. The van der Waals surface area contributed by atoms with E-state index in [2.05, 4.69) is 0 Å². The Kier molecular flexibility index (Phi) is 2.63. The maximum atomic E-state index is 12.3. The lowest BCUT2D eigenvalue weighted by Gasteiger charge is -2.41. The van der Waals surface area contributed by atoms with E-state index in [0.717, 1.165) is 19.3 Å². The van der Waals surface area contributed by atoms with Gasteiger partial charge in [-0.1, -0.05) is 0 Å². The normalized spacial score (nSPS) is 26.2. The maximum absolute atomic E-state index is 12.3. The Morgan fingerprint density at radius 1 is 1.13 bits per heavy atom. The molecule has 0 bridgehead atoms. The molecule has 2 rings (SSSR count). The summed E-state index contributed by atoms with van der Waals surface area (Å²) in [6, 6.07) is 0. The first-order valence-corrected chi connectivity index (χ1v) is 6.95. The zero-order valence-electron chi connectivity index (χ0n) is 9.03. The van der Waals surface area contributed by atoms with Crippen LogP contribution in [0.2, 0.25) is 0 Å². The van der Waals surface area contributed by atoms with Crippen molar-refractivity contribution in [1.29, 1.82) is 0 Å². The molecule has 0 N–H and O–H groups in total. The smallest absolute Gasteiger partial charge is 0.227 e. The van der Waals surface area contributed by atoms with Gasteiger partial charge in [0.15, 0.2) is 5.78 Å². The topological polar surface area (TPSA) is 54.5 Å². The second kappa shape index (κ2) is 3.56. The van der Waals surface area contributed by atoms with Crippen molar-refractivity contribution in [3.8, 4) is 0 Å². The van der Waals surface area contributed by atoms with Crippen LogP contribution in [0.1, 0.15) is 39.0 Å². The highest BCUT2D eigenvalue weighted by Crippen LogP contribution is 2.42. The molecule has 2 fully saturated rings. The molecule has 0 aromatic heterocycles. The molecule has 1 aliphatic carbocycles. The van der Waals surface area contributed by atoms with Crippen molar-refractivity contribution < 1.29 is 13.2 Å². The molecule has 86 valence electrons. The van der Waals surface area contributed by atoms with E-state index in [1.807, 2.05) is 0 Å². The Hall–Kier alpha value is -0.420. The first kappa shape index (κ1) is 11.1. The third-order valence-electron chi connectivity index (χ3n) is 3.70. The number of nitrogens with zero attached hydrogens (tertiary/aromatic N) is 1. The lowest BCUT2D eigenvalue weighted by molar-refractivity contribution is -0.121. The Morgan fingerprint density at radius 3 is 2.00 bits per heavy atom. The number of ketones is 1. The quantitative estimate of drug-likeness (QED) is 0.726. The summed E-state index contributed by atoms with van der Waals surface area (Å²) in [5, 5.41) is 0. The van der Waals surface area contributed by atoms with Gasteiger partial charge in [0.25, 0.3) is 0 Å². The fourth-order valence-electron chi connectivity index (χ4n) is 2.47. The predicted molar refractivity (Wildman–Crippen MR) is 57.0 cm³/mol. The van der Waals surface area contributed by atoms with E-state index in [1.54, 1.807) is 0 Å². The van der Waals surface area contributed by atoms with Gasteiger partial charge in [-0.2, -0.15) is 0 Å². The zero-order chi connectivity index (χ0) is 11.1. The van der Waals surface area contributed by atoms with Crippen molar-refractivity contribution in [3.05, 3.63) is 0 Å². The molecule has 0 atom stereocenters. The van der Waals surface area contributed by atoms with Gasteiger partial charge in [0.1, 0.15) is 4.75 Å². The molecule has 0 radical (unpaired) electrons. The van der Waals surface area contributed by atoms with Crippen LogP contribution < -0.4 is 0 Å². The van der Waals surface area contributed by atoms with Gasteiger partial charge in [-0.05, 0) is 39.0 Å². The summed E-state index contributed by atoms with van der Waals surface area (Å²) in [4.78, 5) is 11.5. The predicted octanol–water partition coefficient (Wildman–Crippen LogP) is 0.924. The highest BCUT2D eigenvalue weighted by atomic mass is 32.2. The fraction of sp³-hybridized carbons (Fsp3) is 0.900. The van der Waals surface area contributed by atoms with Crippen LogP contribution in [0, 0.1) is 0 Å². The van der Waals surface area contributed by atoms with Crippen LogP contribution in [-0.4, -0.2) is 36.3 Å². The minimum absolute atomic E-state index is 0.180. The van der Waals surface area contributed by atoms with E-state index in [-0.39, 0.29) is 5.78 Å². The zero-order valence-corrected chi connectivity index (χ0v) is 9.85. The number of rotatable bonds is 3. The van der Waals surface area contributed by atoms with Gasteiger partial charge in [-0.3, -0.25) is 4.79 Å². The van der Waals surface area contributed by atoms with Crippen LogP contribution in [0.4, 0.5) is 0 Å². The third-order valence-corrected chi connectivity index (χ3v) is 6.43. The van der Waals surface area contributed by atoms with Gasteiger partial charge in [-0.25, -0.2) is 12.7 Å². The van der Waals surface area contributed by atoms with Gasteiger partial charge >= 0.3 is 0 Å². The van der Waals surface area contributed by atoms with Crippen molar-refractivity contribution in [2.45, 2.75) is 43.8 Å². The molecule has 0 amide bonds. The molecular formula is C10H17NO3S. The highest BCUT2D eigenvalue weighted by molar-refractivity contribution is 7.91. The molecule has 15 heavy (non-hydrogen) atoms. The van der Waals surface area contributed by atoms with Crippen molar-refractivity contribution in [1.82, 2.24) is 4.31 Å². The Balaban J connectivity index is 2.31. The standard InChI is InChI=1S/C10H17NO3S/c1-9(12)10(5-4-6-10)15(13,14)11-7-2-3-8-11/h2-8H2,1H3. The number of carbonyl (C=O) groups is 1. The van der Waals surface area contributed by atoms with E-state index in [1.165, 1.54) is 11.2 Å². The second-order valence-electron chi connectivity index (χ2n) is 4.52. The summed E-state index contributed by atoms with van der Waals surface area (Å²) in [5.74, 6) is -0.180. The number of sulfonamides is 1. The summed E-state index contributed by atoms with van der Waals surface area (Å²) < 4.78 is 25.0. The molecule has 0 unspecified atom stereocenters. The van der Waals surface area contributed by atoms with Crippen molar-refractivity contribution in [3.63, 3.8) is 0 Å². The van der Waals surface area contributed by atoms with E-state index in [4.69, 9.17) is 0 Å². The molecule has 5 heteroatoms. The molecule has 0 spiro atoms. The Labute approximate surface area is 90.7 Å². The van der Waals surface area contributed by atoms with Crippen LogP contribution >= 0.6 is 0 Å². The SMILES string of the molecule is CC(=O)C1(S(=O)(=O)N2CCCC2)CCC1. The van der Waals surface area contributed by atoms with Crippen LogP contribution in [0.3, 0.4) is 0 Å². The third kappa shape index (κ3) is 1.44. The molecule has 0 aromatic carbocycles. The van der Waals surface area contributed by atoms with Crippen molar-refractivity contribution in [2.75, 3.05) is 13.1 Å². The molecule has 1 saturated heterocycles. The molecule has 1 heterocycles. The summed E-state index contributed by atoms with van der Waals surface area (Å²) in [6.45, 7) is 2.60. The minimum atomic E-state index is -3.38. The fourth-order valence-corrected chi connectivity index (χ4v) is 4.87. The van der Waals surface area contributed by atoms with Gasteiger partial charge in [0, 0.05) is 13.1 Å². The molecule has 0 aromatic rings. The molecule has 2 aliphatic rings. The summed E-state index contributed by atoms with van der Waals surface area (Å²) in [6.07, 6.45) is 3.73. The van der Waals surface area contributed by atoms with E-state index in [9.17, 15) is 13.2 Å². The van der Waals surface area contributed by atoms with Crippen molar-refractivity contribution >= 4 is 15.8 Å². The van der Waals surface area contributed by atoms with Gasteiger partial charge in [-0.15, -0.1) is 0 Å². The molecule has 1 saturated carbocycles. The Morgan fingerprint density at radius 2 is 1.67 bits per heavy atom. The van der Waals surface area contributed by atoms with Gasteiger partial charge in [0.2, 0.25) is 10.0 Å². The van der Waals surface area contributed by atoms with Crippen LogP contribution in [0.15, 0.2) is 0 Å². The number of hydrogen-bond donors (Lipinski definition) is 0. The van der Waals surface area contributed by atoms with Gasteiger partial charge < -0.3 is 0 Å². The lowest BCUT2D eigenvalue weighted by Crippen LogP contribution is -2.56. The summed E-state index contributed by atoms with van der Waals surface area (Å²) >= 11 is 0.